The summed E-state index contributed by atoms with van der Waals surface area (Å²) in [6.07, 6.45) is 0. The van der Waals surface area contributed by atoms with Crippen molar-refractivity contribution in [3.05, 3.63) is 51.4 Å². The van der Waals surface area contributed by atoms with Crippen LogP contribution in [0.15, 0.2) is 33.2 Å². The standard InChI is InChI=1S/C14H15BrN2O2/c1-8-5-9(2)13(11(15)6-8)17-14(18)12-4-3-10(7-16)19-12/h3-6H,7,16H2,1-2H3,(H,17,18). The van der Waals surface area contributed by atoms with Crippen LogP contribution >= 0.6 is 15.9 Å². The second-order valence-corrected chi connectivity index (χ2v) is 5.22. The first-order chi connectivity index (χ1) is 9.01. The molecule has 100 valence electrons. The third-order valence-electron chi connectivity index (χ3n) is 2.76. The van der Waals surface area contributed by atoms with E-state index >= 15 is 0 Å². The summed E-state index contributed by atoms with van der Waals surface area (Å²) in [4.78, 5) is 12.1. The number of rotatable bonds is 3. The minimum absolute atomic E-state index is 0.257. The molecule has 19 heavy (non-hydrogen) atoms. The van der Waals surface area contributed by atoms with E-state index in [4.69, 9.17) is 10.2 Å². The number of hydrogen-bond donors (Lipinski definition) is 2. The molecule has 0 unspecified atom stereocenters. The number of aryl methyl sites for hydroxylation is 2. The fraction of sp³-hybridized carbons (Fsp3) is 0.214. The number of amides is 1. The van der Waals surface area contributed by atoms with Crippen molar-refractivity contribution in [2.24, 2.45) is 5.73 Å². The molecule has 2 aromatic rings. The summed E-state index contributed by atoms with van der Waals surface area (Å²) in [6.45, 7) is 4.23. The van der Waals surface area contributed by atoms with Crippen LogP contribution in [0.3, 0.4) is 0 Å². The number of carbonyl (C=O) groups is 1. The average Bonchev–Trinajstić information content (AvgIpc) is 2.82. The minimum atomic E-state index is -0.285. The number of furan rings is 1. The molecule has 0 saturated heterocycles. The first kappa shape index (κ1) is 13.8. The molecule has 0 aliphatic carbocycles. The number of nitrogens with one attached hydrogen (secondary N) is 1. The molecule has 4 nitrogen and oxygen atoms in total. The molecule has 1 heterocycles. The first-order valence-electron chi connectivity index (χ1n) is 5.88. The lowest BCUT2D eigenvalue weighted by atomic mass is 10.1. The molecule has 1 amide bonds. The lowest BCUT2D eigenvalue weighted by molar-refractivity contribution is 0.0995. The van der Waals surface area contributed by atoms with Crippen LogP contribution in [-0.2, 0) is 6.54 Å². The maximum Gasteiger partial charge on any atom is 0.291 e. The molecule has 1 aromatic carbocycles. The predicted octanol–water partition coefficient (Wildman–Crippen LogP) is 3.37. The van der Waals surface area contributed by atoms with Crippen LogP contribution in [0.5, 0.6) is 0 Å². The number of carbonyl (C=O) groups excluding carboxylic acids is 1. The van der Waals surface area contributed by atoms with E-state index < -0.39 is 0 Å². The summed E-state index contributed by atoms with van der Waals surface area (Å²) in [5, 5.41) is 2.84. The van der Waals surface area contributed by atoms with Crippen molar-refractivity contribution >= 4 is 27.5 Å². The second kappa shape index (κ2) is 5.59. The number of nitrogens with two attached hydrogens (primary N) is 1. The van der Waals surface area contributed by atoms with Gasteiger partial charge in [0.1, 0.15) is 5.76 Å². The molecule has 1 aromatic heterocycles. The molecule has 3 N–H and O–H groups in total. The monoisotopic (exact) mass is 322 g/mol. The van der Waals surface area contributed by atoms with E-state index in [0.717, 1.165) is 21.3 Å². The highest BCUT2D eigenvalue weighted by molar-refractivity contribution is 9.10. The molecule has 5 heteroatoms. The maximum absolute atomic E-state index is 12.1. The smallest absolute Gasteiger partial charge is 0.291 e. The van der Waals surface area contributed by atoms with E-state index in [2.05, 4.69) is 21.2 Å². The Bertz CT molecular complexity index is 597. The summed E-state index contributed by atoms with van der Waals surface area (Å²) in [5.41, 5.74) is 8.32. The summed E-state index contributed by atoms with van der Waals surface area (Å²) >= 11 is 3.45. The van der Waals surface area contributed by atoms with Crippen LogP contribution in [0.25, 0.3) is 0 Å². The molecular formula is C14H15BrN2O2. The van der Waals surface area contributed by atoms with Crippen molar-refractivity contribution in [2.45, 2.75) is 20.4 Å². The Hall–Kier alpha value is -1.59. The minimum Gasteiger partial charge on any atom is -0.455 e. The quantitative estimate of drug-likeness (QED) is 0.910. The van der Waals surface area contributed by atoms with E-state index in [9.17, 15) is 4.79 Å². The summed E-state index contributed by atoms with van der Waals surface area (Å²) in [5.74, 6) is 0.560. The SMILES string of the molecule is Cc1cc(C)c(NC(=O)c2ccc(CN)o2)c(Br)c1. The fourth-order valence-corrected chi connectivity index (χ4v) is 2.63. The normalized spacial score (nSPS) is 10.5. The van der Waals surface area contributed by atoms with Gasteiger partial charge in [-0.1, -0.05) is 6.07 Å². The Morgan fingerprint density at radius 2 is 2.11 bits per heavy atom. The largest absolute Gasteiger partial charge is 0.455 e. The Balaban J connectivity index is 2.24. The van der Waals surface area contributed by atoms with Crippen molar-refractivity contribution in [3.8, 4) is 0 Å². The number of hydrogen-bond acceptors (Lipinski definition) is 3. The molecule has 0 bridgehead atoms. The average molecular weight is 323 g/mol. The van der Waals surface area contributed by atoms with E-state index in [1.54, 1.807) is 12.1 Å². The molecule has 0 saturated carbocycles. The number of anilines is 1. The summed E-state index contributed by atoms with van der Waals surface area (Å²) in [6, 6.07) is 7.28. The summed E-state index contributed by atoms with van der Waals surface area (Å²) < 4.78 is 6.17. The lowest BCUT2D eigenvalue weighted by Crippen LogP contribution is -2.12. The van der Waals surface area contributed by atoms with Crippen molar-refractivity contribution in [1.29, 1.82) is 0 Å². The molecule has 0 aliphatic heterocycles. The Labute approximate surface area is 120 Å². The zero-order valence-corrected chi connectivity index (χ0v) is 12.4. The molecule has 0 aliphatic rings. The third kappa shape index (κ3) is 3.05. The number of halogens is 1. The Morgan fingerprint density at radius 1 is 1.37 bits per heavy atom. The highest BCUT2D eigenvalue weighted by atomic mass is 79.9. The van der Waals surface area contributed by atoms with Gasteiger partial charge in [-0.05, 0) is 59.1 Å². The van der Waals surface area contributed by atoms with Crippen molar-refractivity contribution in [1.82, 2.24) is 0 Å². The highest BCUT2D eigenvalue weighted by Gasteiger charge is 2.14. The van der Waals surface area contributed by atoms with Gasteiger partial charge in [-0.25, -0.2) is 0 Å². The van der Waals surface area contributed by atoms with Gasteiger partial charge in [0.15, 0.2) is 5.76 Å². The third-order valence-corrected chi connectivity index (χ3v) is 3.38. The maximum atomic E-state index is 12.1. The van der Waals surface area contributed by atoms with Crippen LogP contribution in [0.2, 0.25) is 0 Å². The fourth-order valence-electron chi connectivity index (χ4n) is 1.86. The van der Waals surface area contributed by atoms with Crippen LogP contribution < -0.4 is 11.1 Å². The van der Waals surface area contributed by atoms with Gasteiger partial charge in [-0.3, -0.25) is 4.79 Å². The van der Waals surface area contributed by atoms with E-state index in [0.29, 0.717) is 5.76 Å². The molecule has 0 radical (unpaired) electrons. The van der Waals surface area contributed by atoms with Crippen LogP contribution in [0, 0.1) is 13.8 Å². The molecule has 0 fully saturated rings. The van der Waals surface area contributed by atoms with E-state index in [1.165, 1.54) is 0 Å². The highest BCUT2D eigenvalue weighted by Crippen LogP contribution is 2.28. The van der Waals surface area contributed by atoms with Crippen molar-refractivity contribution in [2.75, 3.05) is 5.32 Å². The zero-order chi connectivity index (χ0) is 14.0. The van der Waals surface area contributed by atoms with E-state index in [1.807, 2.05) is 26.0 Å². The van der Waals surface area contributed by atoms with Crippen LogP contribution in [-0.4, -0.2) is 5.91 Å². The van der Waals surface area contributed by atoms with Crippen molar-refractivity contribution < 1.29 is 9.21 Å². The number of benzene rings is 1. The van der Waals surface area contributed by atoms with Gasteiger partial charge in [0.25, 0.3) is 5.91 Å². The van der Waals surface area contributed by atoms with Gasteiger partial charge in [0, 0.05) is 4.47 Å². The first-order valence-corrected chi connectivity index (χ1v) is 6.67. The van der Waals surface area contributed by atoms with Gasteiger partial charge in [0.05, 0.1) is 12.2 Å². The van der Waals surface area contributed by atoms with Crippen LogP contribution in [0.1, 0.15) is 27.4 Å². The molecule has 2 rings (SSSR count). The second-order valence-electron chi connectivity index (χ2n) is 4.36. The summed E-state index contributed by atoms with van der Waals surface area (Å²) in [7, 11) is 0. The molecular weight excluding hydrogens is 308 g/mol. The van der Waals surface area contributed by atoms with Crippen molar-refractivity contribution in [3.63, 3.8) is 0 Å². The van der Waals surface area contributed by atoms with Crippen LogP contribution in [0.4, 0.5) is 5.69 Å². The van der Waals surface area contributed by atoms with Gasteiger partial charge < -0.3 is 15.5 Å². The molecule has 0 spiro atoms. The lowest BCUT2D eigenvalue weighted by Gasteiger charge is -2.10. The van der Waals surface area contributed by atoms with Gasteiger partial charge >= 0.3 is 0 Å². The zero-order valence-electron chi connectivity index (χ0n) is 10.8. The Morgan fingerprint density at radius 3 is 2.68 bits per heavy atom. The van der Waals surface area contributed by atoms with Gasteiger partial charge in [-0.2, -0.15) is 0 Å². The van der Waals surface area contributed by atoms with Gasteiger partial charge in [-0.15, -0.1) is 0 Å². The topological polar surface area (TPSA) is 68.3 Å². The Kier molecular flexibility index (Phi) is 4.07. The van der Waals surface area contributed by atoms with Gasteiger partial charge in [0.2, 0.25) is 0 Å². The van der Waals surface area contributed by atoms with E-state index in [-0.39, 0.29) is 18.2 Å². The predicted molar refractivity (Wildman–Crippen MR) is 78.2 cm³/mol. The molecule has 0 atom stereocenters.